The van der Waals surface area contributed by atoms with Gasteiger partial charge in [0.15, 0.2) is 0 Å². The van der Waals surface area contributed by atoms with E-state index in [1.54, 1.807) is 12.1 Å². The maximum atomic E-state index is 11.0. The molecular weight excluding hydrogens is 268 g/mol. The van der Waals surface area contributed by atoms with Crippen molar-refractivity contribution in [2.24, 2.45) is 0 Å². The van der Waals surface area contributed by atoms with Gasteiger partial charge in [-0.2, -0.15) is 0 Å². The Morgan fingerprint density at radius 3 is 2.90 bits per heavy atom. The third-order valence-electron chi connectivity index (χ3n) is 4.16. The number of carbonyl (C=O) groups is 1. The number of hydrogen-bond acceptors (Lipinski definition) is 3. The van der Waals surface area contributed by atoms with Gasteiger partial charge in [-0.1, -0.05) is 12.8 Å². The fourth-order valence-electron chi connectivity index (χ4n) is 3.03. The number of hydrogen-bond donors (Lipinski definition) is 1. The maximum absolute atomic E-state index is 11.0. The number of aromatic nitrogens is 2. The summed E-state index contributed by atoms with van der Waals surface area (Å²) in [5, 5.41) is 9.03. The molecular formula is C16H20N2O3. The molecule has 5 nitrogen and oxygen atoms in total. The fourth-order valence-corrected chi connectivity index (χ4v) is 3.03. The normalized spacial score (nSPS) is 15.9. The van der Waals surface area contributed by atoms with Crippen molar-refractivity contribution in [2.75, 3.05) is 6.61 Å². The van der Waals surface area contributed by atoms with E-state index in [1.165, 1.54) is 25.7 Å². The zero-order chi connectivity index (χ0) is 14.8. The first-order valence-electron chi connectivity index (χ1n) is 7.47. The van der Waals surface area contributed by atoms with Crippen molar-refractivity contribution in [1.82, 2.24) is 9.55 Å². The Labute approximate surface area is 123 Å². The molecule has 2 aromatic rings. The van der Waals surface area contributed by atoms with E-state index in [2.05, 4.69) is 9.55 Å². The van der Waals surface area contributed by atoms with Crippen LogP contribution in [0.4, 0.5) is 0 Å². The number of fused-ring (bicyclic) bond motifs is 1. The van der Waals surface area contributed by atoms with Gasteiger partial charge >= 0.3 is 5.97 Å². The summed E-state index contributed by atoms with van der Waals surface area (Å²) in [7, 11) is 0. The fraction of sp³-hybridized carbons (Fsp3) is 0.500. The molecule has 1 aliphatic rings. The molecule has 0 aliphatic heterocycles. The molecule has 21 heavy (non-hydrogen) atoms. The van der Waals surface area contributed by atoms with Gasteiger partial charge in [-0.25, -0.2) is 9.78 Å². The van der Waals surface area contributed by atoms with Crippen molar-refractivity contribution in [1.29, 1.82) is 0 Å². The van der Waals surface area contributed by atoms with Gasteiger partial charge in [0.2, 0.25) is 0 Å². The van der Waals surface area contributed by atoms with E-state index < -0.39 is 5.97 Å². The van der Waals surface area contributed by atoms with Gasteiger partial charge in [0.1, 0.15) is 5.82 Å². The predicted octanol–water partition coefficient (Wildman–Crippen LogP) is 3.00. The van der Waals surface area contributed by atoms with Gasteiger partial charge in [-0.3, -0.25) is 0 Å². The number of aryl methyl sites for hydroxylation is 1. The van der Waals surface area contributed by atoms with Gasteiger partial charge in [-0.15, -0.1) is 0 Å². The number of ether oxygens (including phenoxy) is 1. The molecule has 1 aliphatic carbocycles. The highest BCUT2D eigenvalue weighted by Crippen LogP contribution is 2.22. The lowest BCUT2D eigenvalue weighted by atomic mass is 10.2. The van der Waals surface area contributed by atoms with Gasteiger partial charge in [-0.05, 0) is 38.0 Å². The van der Waals surface area contributed by atoms with E-state index in [1.807, 2.05) is 13.0 Å². The monoisotopic (exact) mass is 288 g/mol. The van der Waals surface area contributed by atoms with Crippen molar-refractivity contribution in [2.45, 2.75) is 45.3 Å². The van der Waals surface area contributed by atoms with Crippen LogP contribution in [0.2, 0.25) is 0 Å². The average Bonchev–Trinajstić information content (AvgIpc) is 3.06. The highest BCUT2D eigenvalue weighted by Gasteiger charge is 2.16. The van der Waals surface area contributed by atoms with E-state index >= 15 is 0 Å². The summed E-state index contributed by atoms with van der Waals surface area (Å²) in [6, 6.07) is 5.08. The Kier molecular flexibility index (Phi) is 3.92. The lowest BCUT2D eigenvalue weighted by molar-refractivity contribution is 0.0532. The third-order valence-corrected chi connectivity index (χ3v) is 4.16. The second kappa shape index (κ2) is 5.85. The van der Waals surface area contributed by atoms with Crippen LogP contribution in [0.5, 0.6) is 0 Å². The van der Waals surface area contributed by atoms with Crippen molar-refractivity contribution >= 4 is 17.0 Å². The van der Waals surface area contributed by atoms with E-state index in [9.17, 15) is 4.79 Å². The number of rotatable bonds is 5. The Balaban J connectivity index is 1.74. The van der Waals surface area contributed by atoms with Crippen LogP contribution in [-0.4, -0.2) is 33.3 Å². The summed E-state index contributed by atoms with van der Waals surface area (Å²) in [6.07, 6.45) is 5.31. The summed E-state index contributed by atoms with van der Waals surface area (Å²) in [4.78, 5) is 15.5. The molecule has 1 aromatic carbocycles. The number of nitrogens with zero attached hydrogens (tertiary/aromatic N) is 2. The van der Waals surface area contributed by atoms with Crippen LogP contribution >= 0.6 is 0 Å². The number of imidazole rings is 1. The van der Waals surface area contributed by atoms with Crippen molar-refractivity contribution in [3.05, 3.63) is 29.6 Å². The van der Waals surface area contributed by atoms with E-state index in [4.69, 9.17) is 9.84 Å². The molecule has 0 spiro atoms. The Hall–Kier alpha value is -1.88. The summed E-state index contributed by atoms with van der Waals surface area (Å²) in [5.41, 5.74) is 1.97. The van der Waals surface area contributed by atoms with Crippen LogP contribution in [0.25, 0.3) is 11.0 Å². The van der Waals surface area contributed by atoms with Crippen LogP contribution in [0, 0.1) is 6.92 Å². The predicted molar refractivity (Wildman–Crippen MR) is 79.6 cm³/mol. The highest BCUT2D eigenvalue weighted by molar-refractivity contribution is 5.92. The molecule has 5 heteroatoms. The van der Waals surface area contributed by atoms with Crippen molar-refractivity contribution < 1.29 is 14.6 Å². The third kappa shape index (κ3) is 2.93. The minimum Gasteiger partial charge on any atom is -0.478 e. The standard InChI is InChI=1S/C16H20N2O3/c1-11-17-14-10-12(16(19)20)6-7-15(14)18(11)8-9-21-13-4-2-3-5-13/h6-7,10,13H,2-5,8-9H2,1H3,(H,19,20). The first kappa shape index (κ1) is 14.1. The van der Waals surface area contributed by atoms with Gasteiger partial charge in [0.05, 0.1) is 29.3 Å². The molecule has 1 saturated carbocycles. The van der Waals surface area contributed by atoms with Crippen LogP contribution in [0.15, 0.2) is 18.2 Å². The first-order valence-corrected chi connectivity index (χ1v) is 7.47. The van der Waals surface area contributed by atoms with Crippen LogP contribution in [0.3, 0.4) is 0 Å². The molecule has 0 saturated heterocycles. The van der Waals surface area contributed by atoms with Crippen molar-refractivity contribution in [3.8, 4) is 0 Å². The van der Waals surface area contributed by atoms with E-state index in [-0.39, 0.29) is 5.56 Å². The second-order valence-corrected chi connectivity index (χ2v) is 5.60. The molecule has 1 aromatic heterocycles. The number of aromatic carboxylic acids is 1. The zero-order valence-corrected chi connectivity index (χ0v) is 12.2. The molecule has 0 unspecified atom stereocenters. The first-order chi connectivity index (χ1) is 10.1. The highest BCUT2D eigenvalue weighted by atomic mass is 16.5. The summed E-state index contributed by atoms with van der Waals surface area (Å²) >= 11 is 0. The quantitative estimate of drug-likeness (QED) is 0.918. The summed E-state index contributed by atoms with van der Waals surface area (Å²) in [6.45, 7) is 3.37. The lowest BCUT2D eigenvalue weighted by Crippen LogP contribution is -2.13. The van der Waals surface area contributed by atoms with E-state index in [0.717, 1.165) is 23.4 Å². The molecule has 112 valence electrons. The molecule has 1 heterocycles. The minimum atomic E-state index is -0.923. The molecule has 0 bridgehead atoms. The van der Waals surface area contributed by atoms with Crippen LogP contribution in [0.1, 0.15) is 41.9 Å². The topological polar surface area (TPSA) is 64.3 Å². The summed E-state index contributed by atoms with van der Waals surface area (Å²) < 4.78 is 7.99. The van der Waals surface area contributed by atoms with E-state index in [0.29, 0.717) is 12.7 Å². The summed E-state index contributed by atoms with van der Waals surface area (Å²) in [5.74, 6) is -0.0313. The number of carboxylic acids is 1. The van der Waals surface area contributed by atoms with Crippen LogP contribution < -0.4 is 0 Å². The minimum absolute atomic E-state index is 0.273. The molecule has 0 atom stereocenters. The molecule has 0 radical (unpaired) electrons. The molecule has 1 N–H and O–H groups in total. The zero-order valence-electron chi connectivity index (χ0n) is 12.2. The second-order valence-electron chi connectivity index (χ2n) is 5.60. The SMILES string of the molecule is Cc1nc2cc(C(=O)O)ccc2n1CCOC1CCCC1. The smallest absolute Gasteiger partial charge is 0.335 e. The largest absolute Gasteiger partial charge is 0.478 e. The maximum Gasteiger partial charge on any atom is 0.335 e. The van der Waals surface area contributed by atoms with Crippen molar-refractivity contribution in [3.63, 3.8) is 0 Å². The number of benzene rings is 1. The Morgan fingerprint density at radius 1 is 1.43 bits per heavy atom. The Morgan fingerprint density at radius 2 is 2.19 bits per heavy atom. The van der Waals surface area contributed by atoms with Gasteiger partial charge < -0.3 is 14.4 Å². The van der Waals surface area contributed by atoms with Gasteiger partial charge in [0, 0.05) is 6.54 Å². The molecule has 3 rings (SSSR count). The molecule has 1 fully saturated rings. The lowest BCUT2D eigenvalue weighted by Gasteiger charge is -2.12. The average molecular weight is 288 g/mol. The molecule has 0 amide bonds. The van der Waals surface area contributed by atoms with Crippen LogP contribution in [-0.2, 0) is 11.3 Å². The van der Waals surface area contributed by atoms with Gasteiger partial charge in [0.25, 0.3) is 0 Å². The Bertz CT molecular complexity index is 657. The number of carboxylic acid groups (broad SMARTS) is 1.